The summed E-state index contributed by atoms with van der Waals surface area (Å²) in [5, 5.41) is 3.35. The lowest BCUT2D eigenvalue weighted by Crippen LogP contribution is -2.01. The molecule has 2 rings (SSSR count). The normalized spacial score (nSPS) is 10.4. The number of nitrogens with one attached hydrogen (secondary N) is 1. The first kappa shape index (κ1) is 13.5. The molecule has 0 unspecified atom stereocenters. The van der Waals surface area contributed by atoms with E-state index in [1.54, 1.807) is 18.6 Å². The average molecular weight is 255 g/mol. The van der Waals surface area contributed by atoms with Crippen LogP contribution in [0.3, 0.4) is 0 Å². The van der Waals surface area contributed by atoms with Crippen molar-refractivity contribution in [2.75, 3.05) is 5.32 Å². The molecule has 0 aliphatic heterocycles. The van der Waals surface area contributed by atoms with Gasteiger partial charge in [0.2, 0.25) is 0 Å². The second-order valence-electron chi connectivity index (χ2n) is 4.70. The third kappa shape index (κ3) is 4.70. The van der Waals surface area contributed by atoms with Crippen LogP contribution in [0.4, 0.5) is 5.69 Å². The lowest BCUT2D eigenvalue weighted by Gasteiger charge is -2.07. The highest BCUT2D eigenvalue weighted by molar-refractivity contribution is 5.44. The third-order valence-electron chi connectivity index (χ3n) is 3.11. The standard InChI is InChI=1S/C16H21N3/c1-2-3-4-5-14-6-8-15(9-7-14)19-13-16-12-17-10-11-18-16/h6-12,19H,2-5,13H2,1H3. The van der Waals surface area contributed by atoms with Crippen molar-refractivity contribution < 1.29 is 0 Å². The van der Waals surface area contributed by atoms with E-state index in [1.807, 2.05) is 0 Å². The molecule has 1 heterocycles. The number of unbranched alkanes of at least 4 members (excludes halogenated alkanes) is 2. The Balaban J connectivity index is 1.81. The number of benzene rings is 1. The number of aromatic nitrogens is 2. The fourth-order valence-electron chi connectivity index (χ4n) is 1.98. The van der Waals surface area contributed by atoms with Crippen LogP contribution in [0.1, 0.15) is 37.4 Å². The van der Waals surface area contributed by atoms with Gasteiger partial charge in [-0.2, -0.15) is 0 Å². The number of hydrogen-bond donors (Lipinski definition) is 1. The smallest absolute Gasteiger partial charge is 0.0777 e. The van der Waals surface area contributed by atoms with E-state index in [4.69, 9.17) is 0 Å². The van der Waals surface area contributed by atoms with E-state index in [1.165, 1.54) is 31.2 Å². The van der Waals surface area contributed by atoms with Gasteiger partial charge in [-0.25, -0.2) is 0 Å². The van der Waals surface area contributed by atoms with Crippen molar-refractivity contribution >= 4 is 5.69 Å². The zero-order chi connectivity index (χ0) is 13.3. The molecule has 0 fully saturated rings. The molecule has 0 saturated carbocycles. The summed E-state index contributed by atoms with van der Waals surface area (Å²) in [6.07, 6.45) is 10.2. The maximum Gasteiger partial charge on any atom is 0.0777 e. The molecule has 0 saturated heterocycles. The van der Waals surface area contributed by atoms with Gasteiger partial charge in [-0.1, -0.05) is 31.9 Å². The number of anilines is 1. The Bertz CT molecular complexity index is 465. The maximum absolute atomic E-state index is 4.24. The summed E-state index contributed by atoms with van der Waals surface area (Å²) in [6.45, 7) is 2.95. The predicted octanol–water partition coefficient (Wildman–Crippen LogP) is 3.82. The molecule has 2 aromatic rings. The number of rotatable bonds is 7. The van der Waals surface area contributed by atoms with Crippen LogP contribution in [0, 0.1) is 0 Å². The highest BCUT2D eigenvalue weighted by atomic mass is 14.9. The van der Waals surface area contributed by atoms with E-state index in [2.05, 4.69) is 46.5 Å². The molecule has 100 valence electrons. The molecule has 1 N–H and O–H groups in total. The van der Waals surface area contributed by atoms with E-state index < -0.39 is 0 Å². The zero-order valence-electron chi connectivity index (χ0n) is 11.5. The van der Waals surface area contributed by atoms with E-state index >= 15 is 0 Å². The summed E-state index contributed by atoms with van der Waals surface area (Å²) in [4.78, 5) is 8.29. The van der Waals surface area contributed by atoms with Crippen molar-refractivity contribution in [3.05, 3.63) is 54.1 Å². The van der Waals surface area contributed by atoms with Crippen molar-refractivity contribution in [2.45, 2.75) is 39.2 Å². The number of aryl methyl sites for hydroxylation is 1. The third-order valence-corrected chi connectivity index (χ3v) is 3.11. The first-order chi connectivity index (χ1) is 9.38. The minimum Gasteiger partial charge on any atom is -0.379 e. The van der Waals surface area contributed by atoms with Crippen molar-refractivity contribution in [1.29, 1.82) is 0 Å². The largest absolute Gasteiger partial charge is 0.379 e. The average Bonchev–Trinajstić information content (AvgIpc) is 2.48. The van der Waals surface area contributed by atoms with E-state index in [0.29, 0.717) is 6.54 Å². The van der Waals surface area contributed by atoms with Crippen LogP contribution < -0.4 is 5.32 Å². The van der Waals surface area contributed by atoms with Crippen molar-refractivity contribution in [3.63, 3.8) is 0 Å². The first-order valence-electron chi connectivity index (χ1n) is 6.96. The van der Waals surface area contributed by atoms with Crippen LogP contribution in [-0.2, 0) is 13.0 Å². The molecular formula is C16H21N3. The van der Waals surface area contributed by atoms with Gasteiger partial charge in [0.05, 0.1) is 18.4 Å². The molecule has 1 aromatic heterocycles. The molecule has 0 radical (unpaired) electrons. The molecule has 0 atom stereocenters. The molecule has 1 aromatic carbocycles. The van der Waals surface area contributed by atoms with Gasteiger partial charge in [-0.3, -0.25) is 9.97 Å². The molecular weight excluding hydrogens is 234 g/mol. The van der Waals surface area contributed by atoms with Crippen LogP contribution in [0.2, 0.25) is 0 Å². The summed E-state index contributed by atoms with van der Waals surface area (Å²) in [5.74, 6) is 0. The van der Waals surface area contributed by atoms with Gasteiger partial charge in [-0.15, -0.1) is 0 Å². The van der Waals surface area contributed by atoms with Crippen LogP contribution in [0.15, 0.2) is 42.9 Å². The van der Waals surface area contributed by atoms with Gasteiger partial charge in [0.25, 0.3) is 0 Å². The molecule has 0 aliphatic carbocycles. The van der Waals surface area contributed by atoms with Crippen molar-refractivity contribution in [3.8, 4) is 0 Å². The Kier molecular flexibility index (Phi) is 5.35. The SMILES string of the molecule is CCCCCc1ccc(NCc2cnccn2)cc1. The Morgan fingerprint density at radius 1 is 1.05 bits per heavy atom. The molecule has 0 amide bonds. The van der Waals surface area contributed by atoms with Crippen LogP contribution in [-0.4, -0.2) is 9.97 Å². The molecule has 0 bridgehead atoms. The summed E-state index contributed by atoms with van der Waals surface area (Å²) in [7, 11) is 0. The number of hydrogen-bond acceptors (Lipinski definition) is 3. The van der Waals surface area contributed by atoms with Crippen LogP contribution in [0.25, 0.3) is 0 Å². The molecule has 3 heteroatoms. The van der Waals surface area contributed by atoms with Gasteiger partial charge in [0.1, 0.15) is 0 Å². The fourth-order valence-corrected chi connectivity index (χ4v) is 1.98. The lowest BCUT2D eigenvalue weighted by molar-refractivity contribution is 0.717. The van der Waals surface area contributed by atoms with Gasteiger partial charge in [-0.05, 0) is 30.5 Å². The Morgan fingerprint density at radius 3 is 2.58 bits per heavy atom. The second-order valence-corrected chi connectivity index (χ2v) is 4.70. The summed E-state index contributed by atoms with van der Waals surface area (Å²) < 4.78 is 0. The lowest BCUT2D eigenvalue weighted by atomic mass is 10.1. The van der Waals surface area contributed by atoms with Crippen molar-refractivity contribution in [2.24, 2.45) is 0 Å². The highest BCUT2D eigenvalue weighted by Gasteiger charge is 1.96. The Labute approximate surface area is 115 Å². The quantitative estimate of drug-likeness (QED) is 0.764. The van der Waals surface area contributed by atoms with Gasteiger partial charge in [0.15, 0.2) is 0 Å². The maximum atomic E-state index is 4.24. The van der Waals surface area contributed by atoms with E-state index in [0.717, 1.165) is 11.4 Å². The zero-order valence-corrected chi connectivity index (χ0v) is 11.5. The minimum atomic E-state index is 0.711. The summed E-state index contributed by atoms with van der Waals surface area (Å²) in [6, 6.07) is 8.68. The Morgan fingerprint density at radius 2 is 1.89 bits per heavy atom. The monoisotopic (exact) mass is 255 g/mol. The second kappa shape index (κ2) is 7.52. The Hall–Kier alpha value is -1.90. The molecule has 3 nitrogen and oxygen atoms in total. The molecule has 0 spiro atoms. The first-order valence-corrected chi connectivity index (χ1v) is 6.96. The predicted molar refractivity (Wildman–Crippen MR) is 79.0 cm³/mol. The summed E-state index contributed by atoms with van der Waals surface area (Å²) >= 11 is 0. The number of nitrogens with zero attached hydrogens (tertiary/aromatic N) is 2. The molecule has 19 heavy (non-hydrogen) atoms. The van der Waals surface area contributed by atoms with Crippen LogP contribution in [0.5, 0.6) is 0 Å². The minimum absolute atomic E-state index is 0.711. The van der Waals surface area contributed by atoms with Gasteiger partial charge < -0.3 is 5.32 Å². The van der Waals surface area contributed by atoms with E-state index in [-0.39, 0.29) is 0 Å². The fraction of sp³-hybridized carbons (Fsp3) is 0.375. The summed E-state index contributed by atoms with van der Waals surface area (Å²) in [5.41, 5.74) is 3.50. The molecule has 0 aliphatic rings. The highest BCUT2D eigenvalue weighted by Crippen LogP contribution is 2.12. The van der Waals surface area contributed by atoms with Gasteiger partial charge in [0, 0.05) is 18.1 Å². The van der Waals surface area contributed by atoms with Crippen LogP contribution >= 0.6 is 0 Å². The van der Waals surface area contributed by atoms with Crippen molar-refractivity contribution in [1.82, 2.24) is 9.97 Å². The van der Waals surface area contributed by atoms with Gasteiger partial charge >= 0.3 is 0 Å². The van der Waals surface area contributed by atoms with E-state index in [9.17, 15) is 0 Å². The topological polar surface area (TPSA) is 37.8 Å².